The van der Waals surface area contributed by atoms with Crippen molar-refractivity contribution in [2.24, 2.45) is 5.92 Å². The van der Waals surface area contributed by atoms with E-state index in [0.29, 0.717) is 5.75 Å². The van der Waals surface area contributed by atoms with Crippen LogP contribution < -0.4 is 9.47 Å². The molecule has 1 aliphatic heterocycles. The lowest BCUT2D eigenvalue weighted by Gasteiger charge is -2.50. The molecule has 0 bridgehead atoms. The molecule has 0 N–H and O–H groups in total. The summed E-state index contributed by atoms with van der Waals surface area (Å²) in [6.07, 6.45) is -0.707. The number of hydrogen-bond donors (Lipinski definition) is 0. The average molecular weight is 383 g/mol. The van der Waals surface area contributed by atoms with Crippen LogP contribution >= 0.6 is 0 Å². The first-order chi connectivity index (χ1) is 13.5. The van der Waals surface area contributed by atoms with Gasteiger partial charge in [-0.1, -0.05) is 44.2 Å². The number of likely N-dealkylation sites (tertiary alicyclic amines) is 1. The first-order valence-electron chi connectivity index (χ1n) is 9.23. The van der Waals surface area contributed by atoms with Crippen molar-refractivity contribution in [1.82, 2.24) is 4.90 Å². The van der Waals surface area contributed by atoms with Crippen molar-refractivity contribution in [3.8, 4) is 11.5 Å². The highest BCUT2D eigenvalue weighted by molar-refractivity contribution is 5.93. The lowest BCUT2D eigenvalue weighted by molar-refractivity contribution is -0.180. The van der Waals surface area contributed by atoms with Crippen LogP contribution in [0, 0.1) is 5.92 Å². The summed E-state index contributed by atoms with van der Waals surface area (Å²) in [6.45, 7) is 3.79. The van der Waals surface area contributed by atoms with Crippen LogP contribution in [0.2, 0.25) is 0 Å². The van der Waals surface area contributed by atoms with Crippen molar-refractivity contribution in [2.45, 2.75) is 32.0 Å². The van der Waals surface area contributed by atoms with Crippen LogP contribution in [0.25, 0.3) is 0 Å². The van der Waals surface area contributed by atoms with Crippen molar-refractivity contribution in [1.29, 1.82) is 0 Å². The Morgan fingerprint density at radius 2 is 1.61 bits per heavy atom. The van der Waals surface area contributed by atoms with Crippen molar-refractivity contribution < 1.29 is 23.8 Å². The number of carbonyl (C=O) groups excluding carboxylic acids is 2. The van der Waals surface area contributed by atoms with E-state index in [1.807, 2.05) is 56.3 Å². The van der Waals surface area contributed by atoms with Gasteiger partial charge in [-0.25, -0.2) is 4.79 Å². The molecular weight excluding hydrogens is 358 g/mol. The van der Waals surface area contributed by atoms with Crippen molar-refractivity contribution in [3.05, 3.63) is 60.2 Å². The number of amides is 1. The molecular formula is C22H25NO5. The van der Waals surface area contributed by atoms with Gasteiger partial charge in [0.05, 0.1) is 14.2 Å². The molecule has 0 radical (unpaired) electrons. The zero-order valence-corrected chi connectivity index (χ0v) is 16.5. The Morgan fingerprint density at radius 1 is 0.964 bits per heavy atom. The monoisotopic (exact) mass is 383 g/mol. The molecule has 1 aliphatic rings. The molecule has 28 heavy (non-hydrogen) atoms. The number of β-lactam (4-membered cyclic amide) rings is 1. The summed E-state index contributed by atoms with van der Waals surface area (Å²) in [4.78, 5) is 27.0. The summed E-state index contributed by atoms with van der Waals surface area (Å²) < 4.78 is 16.2. The molecule has 0 aromatic heterocycles. The molecule has 1 amide bonds. The zero-order chi connectivity index (χ0) is 20.3. The zero-order valence-electron chi connectivity index (χ0n) is 16.5. The van der Waals surface area contributed by atoms with E-state index in [-0.39, 0.29) is 11.8 Å². The molecule has 1 heterocycles. The van der Waals surface area contributed by atoms with Crippen molar-refractivity contribution >= 4 is 11.9 Å². The van der Waals surface area contributed by atoms with E-state index in [4.69, 9.17) is 14.2 Å². The van der Waals surface area contributed by atoms with Gasteiger partial charge in [-0.2, -0.15) is 0 Å². The highest BCUT2D eigenvalue weighted by atomic mass is 16.5. The lowest BCUT2D eigenvalue weighted by Crippen LogP contribution is -2.67. The number of para-hydroxylation sites is 1. The van der Waals surface area contributed by atoms with E-state index < -0.39 is 24.2 Å². The molecule has 2 aromatic rings. The Morgan fingerprint density at radius 3 is 2.14 bits per heavy atom. The fourth-order valence-corrected chi connectivity index (χ4v) is 3.52. The topological polar surface area (TPSA) is 65.1 Å². The van der Waals surface area contributed by atoms with Gasteiger partial charge in [0.25, 0.3) is 5.91 Å². The maximum absolute atomic E-state index is 13.0. The first kappa shape index (κ1) is 19.7. The van der Waals surface area contributed by atoms with Gasteiger partial charge in [0.15, 0.2) is 0 Å². The Hall–Kier alpha value is -3.02. The van der Waals surface area contributed by atoms with Gasteiger partial charge < -0.3 is 19.1 Å². The Labute approximate surface area is 165 Å². The second-order valence-corrected chi connectivity index (χ2v) is 7.03. The summed E-state index contributed by atoms with van der Waals surface area (Å²) in [5.41, 5.74) is 0.871. The third-order valence-corrected chi connectivity index (χ3v) is 4.92. The van der Waals surface area contributed by atoms with Crippen molar-refractivity contribution in [2.75, 3.05) is 14.2 Å². The molecule has 0 aliphatic carbocycles. The second-order valence-electron chi connectivity index (χ2n) is 7.03. The molecule has 3 unspecified atom stereocenters. The van der Waals surface area contributed by atoms with Crippen LogP contribution in [0.15, 0.2) is 54.6 Å². The molecule has 3 atom stereocenters. The van der Waals surface area contributed by atoms with Gasteiger partial charge >= 0.3 is 5.97 Å². The fourth-order valence-electron chi connectivity index (χ4n) is 3.52. The van der Waals surface area contributed by atoms with Crippen LogP contribution in [0.5, 0.6) is 11.5 Å². The van der Waals surface area contributed by atoms with E-state index in [9.17, 15) is 9.59 Å². The number of benzene rings is 2. The standard InChI is InChI=1S/C22H25NO5/c1-14(2)18(22(25)27-4)23-19(15-10-12-16(26-3)13-11-15)20(21(23)24)28-17-8-6-5-7-9-17/h5-14,18-20H,1-4H3. The summed E-state index contributed by atoms with van der Waals surface area (Å²) in [5.74, 6) is 0.566. The van der Waals surface area contributed by atoms with Crippen LogP contribution in [0.1, 0.15) is 25.5 Å². The Balaban J connectivity index is 1.96. The largest absolute Gasteiger partial charge is 0.497 e. The predicted molar refractivity (Wildman–Crippen MR) is 104 cm³/mol. The van der Waals surface area contributed by atoms with Crippen LogP contribution in [0.3, 0.4) is 0 Å². The molecule has 0 saturated carbocycles. The smallest absolute Gasteiger partial charge is 0.328 e. The molecule has 0 spiro atoms. The number of rotatable bonds is 7. The number of methoxy groups -OCH3 is 2. The SMILES string of the molecule is COC(=O)C(C(C)C)N1C(=O)C(Oc2ccccc2)C1c1ccc(OC)cc1. The van der Waals surface area contributed by atoms with E-state index in [1.54, 1.807) is 24.1 Å². The fraction of sp³-hybridized carbons (Fsp3) is 0.364. The predicted octanol–water partition coefficient (Wildman–Crippen LogP) is 3.22. The quantitative estimate of drug-likeness (QED) is 0.543. The summed E-state index contributed by atoms with van der Waals surface area (Å²) >= 11 is 0. The minimum absolute atomic E-state index is 0.102. The Bertz CT molecular complexity index is 819. The average Bonchev–Trinajstić information content (AvgIpc) is 2.72. The number of ether oxygens (including phenoxy) is 3. The van der Waals surface area contributed by atoms with Crippen LogP contribution in [-0.4, -0.2) is 43.1 Å². The molecule has 1 saturated heterocycles. The third kappa shape index (κ3) is 3.67. The number of nitrogens with zero attached hydrogens (tertiary/aromatic N) is 1. The van der Waals surface area contributed by atoms with Gasteiger partial charge in [0, 0.05) is 0 Å². The number of carbonyl (C=O) groups is 2. The highest BCUT2D eigenvalue weighted by Gasteiger charge is 2.55. The van der Waals surface area contributed by atoms with E-state index in [1.165, 1.54) is 7.11 Å². The van der Waals surface area contributed by atoms with E-state index >= 15 is 0 Å². The van der Waals surface area contributed by atoms with Gasteiger partial charge in [-0.05, 0) is 35.7 Å². The third-order valence-electron chi connectivity index (χ3n) is 4.92. The minimum Gasteiger partial charge on any atom is -0.497 e. The Kier molecular flexibility index (Phi) is 5.87. The van der Waals surface area contributed by atoms with E-state index in [0.717, 1.165) is 11.3 Å². The molecule has 148 valence electrons. The normalized spacial score (nSPS) is 19.8. The second kappa shape index (κ2) is 8.33. The summed E-state index contributed by atoms with van der Waals surface area (Å²) in [5, 5.41) is 0. The van der Waals surface area contributed by atoms with Gasteiger partial charge in [-0.15, -0.1) is 0 Å². The van der Waals surface area contributed by atoms with E-state index in [2.05, 4.69) is 0 Å². The first-order valence-corrected chi connectivity index (χ1v) is 9.23. The molecule has 1 fully saturated rings. The van der Waals surface area contributed by atoms with Crippen LogP contribution in [0.4, 0.5) is 0 Å². The molecule has 6 heteroatoms. The molecule has 3 rings (SSSR count). The van der Waals surface area contributed by atoms with Gasteiger partial charge in [0.1, 0.15) is 23.6 Å². The van der Waals surface area contributed by atoms with Gasteiger partial charge in [-0.3, -0.25) is 4.79 Å². The molecule has 2 aromatic carbocycles. The maximum Gasteiger partial charge on any atom is 0.328 e. The van der Waals surface area contributed by atoms with Crippen molar-refractivity contribution in [3.63, 3.8) is 0 Å². The minimum atomic E-state index is -0.707. The summed E-state index contributed by atoms with van der Waals surface area (Å²) in [7, 11) is 2.93. The molecule has 6 nitrogen and oxygen atoms in total. The highest BCUT2D eigenvalue weighted by Crippen LogP contribution is 2.41. The van der Waals surface area contributed by atoms with Gasteiger partial charge in [0.2, 0.25) is 6.10 Å². The van der Waals surface area contributed by atoms with Crippen LogP contribution in [-0.2, 0) is 14.3 Å². The maximum atomic E-state index is 13.0. The number of hydrogen-bond acceptors (Lipinski definition) is 5. The lowest BCUT2D eigenvalue weighted by atomic mass is 9.85. The summed E-state index contributed by atoms with van der Waals surface area (Å²) in [6, 6.07) is 15.6. The number of esters is 1.